The van der Waals surface area contributed by atoms with E-state index in [-0.39, 0.29) is 12.7 Å². The Kier molecular flexibility index (Phi) is 3.72. The summed E-state index contributed by atoms with van der Waals surface area (Å²) in [6.07, 6.45) is 2.08. The molecule has 1 aromatic carbocycles. The zero-order valence-electron chi connectivity index (χ0n) is 9.98. The molecule has 0 bridgehead atoms. The molecule has 2 aromatic rings. The van der Waals surface area contributed by atoms with Crippen molar-refractivity contribution in [1.82, 2.24) is 4.57 Å². The van der Waals surface area contributed by atoms with Gasteiger partial charge in [-0.05, 0) is 19.1 Å². The quantitative estimate of drug-likeness (QED) is 0.909. The Labute approximate surface area is 106 Å². The summed E-state index contributed by atoms with van der Waals surface area (Å²) in [6.45, 7) is 2.79. The fraction of sp³-hybridized carbons (Fsp3) is 0.385. The second-order valence-electron chi connectivity index (χ2n) is 4.17. The van der Waals surface area contributed by atoms with Gasteiger partial charge in [0.1, 0.15) is 0 Å². The second-order valence-corrected chi connectivity index (χ2v) is 4.61. The van der Waals surface area contributed by atoms with Gasteiger partial charge in [-0.1, -0.05) is 17.7 Å². The third kappa shape index (κ3) is 2.46. The zero-order chi connectivity index (χ0) is 12.4. The number of aromatic nitrogens is 1. The molecule has 1 atom stereocenters. The topological polar surface area (TPSA) is 34.4 Å². The molecule has 0 aliphatic carbocycles. The number of halogens is 1. The van der Waals surface area contributed by atoms with E-state index in [1.807, 2.05) is 31.3 Å². The monoisotopic (exact) mass is 253 g/mol. The third-order valence-electron chi connectivity index (χ3n) is 2.95. The number of hydrogen-bond acceptors (Lipinski definition) is 2. The first kappa shape index (κ1) is 12.4. The molecule has 17 heavy (non-hydrogen) atoms. The fourth-order valence-electron chi connectivity index (χ4n) is 1.97. The van der Waals surface area contributed by atoms with Gasteiger partial charge in [-0.2, -0.15) is 0 Å². The summed E-state index contributed by atoms with van der Waals surface area (Å²) in [6, 6.07) is 5.70. The van der Waals surface area contributed by atoms with Crippen LogP contribution in [0.4, 0.5) is 0 Å². The number of aliphatic hydroxyl groups excluding tert-OH is 1. The van der Waals surface area contributed by atoms with Gasteiger partial charge < -0.3 is 14.4 Å². The molecular weight excluding hydrogens is 238 g/mol. The molecule has 0 aliphatic heterocycles. The molecule has 0 saturated heterocycles. The van der Waals surface area contributed by atoms with Gasteiger partial charge >= 0.3 is 0 Å². The molecule has 0 saturated carbocycles. The standard InChI is InChI=1S/C13H16ClNO2/c1-9(17-2)6-15-7-10(8-16)12-4-3-11(14)5-13(12)15/h3-5,7,9,16H,6,8H2,1-2H3. The Morgan fingerprint density at radius 2 is 2.24 bits per heavy atom. The van der Waals surface area contributed by atoms with Gasteiger partial charge in [-0.3, -0.25) is 0 Å². The van der Waals surface area contributed by atoms with Crippen molar-refractivity contribution in [1.29, 1.82) is 0 Å². The molecule has 2 rings (SSSR count). The highest BCUT2D eigenvalue weighted by Gasteiger charge is 2.10. The normalized spacial score (nSPS) is 13.2. The van der Waals surface area contributed by atoms with E-state index in [2.05, 4.69) is 4.57 Å². The van der Waals surface area contributed by atoms with Crippen LogP contribution >= 0.6 is 11.6 Å². The van der Waals surface area contributed by atoms with Crippen LogP contribution in [-0.2, 0) is 17.9 Å². The van der Waals surface area contributed by atoms with Crippen molar-refractivity contribution in [3.8, 4) is 0 Å². The molecule has 4 heteroatoms. The van der Waals surface area contributed by atoms with Crippen molar-refractivity contribution in [3.63, 3.8) is 0 Å². The van der Waals surface area contributed by atoms with E-state index in [4.69, 9.17) is 16.3 Å². The zero-order valence-corrected chi connectivity index (χ0v) is 10.7. The number of hydrogen-bond donors (Lipinski definition) is 1. The van der Waals surface area contributed by atoms with Gasteiger partial charge in [0.15, 0.2) is 0 Å². The van der Waals surface area contributed by atoms with Crippen molar-refractivity contribution < 1.29 is 9.84 Å². The van der Waals surface area contributed by atoms with E-state index in [1.54, 1.807) is 7.11 Å². The lowest BCUT2D eigenvalue weighted by molar-refractivity contribution is 0.104. The van der Waals surface area contributed by atoms with Crippen molar-refractivity contribution >= 4 is 22.5 Å². The molecule has 0 spiro atoms. The van der Waals surface area contributed by atoms with E-state index < -0.39 is 0 Å². The van der Waals surface area contributed by atoms with Crippen LogP contribution < -0.4 is 0 Å². The lowest BCUT2D eigenvalue weighted by Crippen LogP contribution is -2.13. The Morgan fingerprint density at radius 3 is 2.88 bits per heavy atom. The molecular formula is C13H16ClNO2. The Balaban J connectivity index is 2.50. The van der Waals surface area contributed by atoms with Crippen molar-refractivity contribution in [2.75, 3.05) is 7.11 Å². The lowest BCUT2D eigenvalue weighted by atomic mass is 10.2. The number of fused-ring (bicyclic) bond motifs is 1. The maximum Gasteiger partial charge on any atom is 0.0722 e. The summed E-state index contributed by atoms with van der Waals surface area (Å²) >= 11 is 6.01. The van der Waals surface area contributed by atoms with Crippen LogP contribution in [-0.4, -0.2) is 22.9 Å². The lowest BCUT2D eigenvalue weighted by Gasteiger charge is -2.11. The van der Waals surface area contributed by atoms with E-state index in [1.165, 1.54) is 0 Å². The predicted octanol–water partition coefficient (Wildman–Crippen LogP) is 2.82. The van der Waals surface area contributed by atoms with E-state index in [0.717, 1.165) is 23.0 Å². The number of methoxy groups -OCH3 is 1. The van der Waals surface area contributed by atoms with Gasteiger partial charge in [-0.15, -0.1) is 0 Å². The first-order chi connectivity index (χ1) is 8.15. The Bertz CT molecular complexity index is 521. The molecule has 1 N–H and O–H groups in total. The predicted molar refractivity (Wildman–Crippen MR) is 69.3 cm³/mol. The first-order valence-electron chi connectivity index (χ1n) is 5.56. The number of nitrogens with zero attached hydrogens (tertiary/aromatic N) is 1. The maximum atomic E-state index is 9.33. The summed E-state index contributed by atoms with van der Waals surface area (Å²) in [7, 11) is 1.69. The fourth-order valence-corrected chi connectivity index (χ4v) is 2.14. The molecule has 0 aliphatic rings. The molecule has 0 amide bonds. The minimum Gasteiger partial charge on any atom is -0.392 e. The van der Waals surface area contributed by atoms with Gasteiger partial charge in [0, 0.05) is 41.3 Å². The van der Waals surface area contributed by atoms with E-state index in [9.17, 15) is 5.11 Å². The second kappa shape index (κ2) is 5.08. The molecule has 1 aromatic heterocycles. The van der Waals surface area contributed by atoms with Gasteiger partial charge in [0.2, 0.25) is 0 Å². The van der Waals surface area contributed by atoms with Crippen LogP contribution in [0.1, 0.15) is 12.5 Å². The third-order valence-corrected chi connectivity index (χ3v) is 3.19. The van der Waals surface area contributed by atoms with Crippen LogP contribution in [0, 0.1) is 0 Å². The summed E-state index contributed by atoms with van der Waals surface area (Å²) in [5, 5.41) is 11.1. The van der Waals surface area contributed by atoms with Gasteiger partial charge in [0.05, 0.1) is 12.7 Å². The molecule has 1 unspecified atom stereocenters. The molecule has 1 heterocycles. The SMILES string of the molecule is COC(C)Cn1cc(CO)c2ccc(Cl)cc21. The van der Waals surface area contributed by atoms with Crippen LogP contribution in [0.2, 0.25) is 5.02 Å². The highest BCUT2D eigenvalue weighted by Crippen LogP contribution is 2.25. The number of benzene rings is 1. The Morgan fingerprint density at radius 1 is 1.47 bits per heavy atom. The minimum atomic E-state index is 0.0342. The number of aliphatic hydroxyl groups is 1. The first-order valence-corrected chi connectivity index (χ1v) is 5.94. The Hall–Kier alpha value is -1.03. The van der Waals surface area contributed by atoms with Crippen molar-refractivity contribution in [3.05, 3.63) is 35.0 Å². The highest BCUT2D eigenvalue weighted by molar-refractivity contribution is 6.31. The number of ether oxygens (including phenoxy) is 1. The summed E-state index contributed by atoms with van der Waals surface area (Å²) in [5.74, 6) is 0. The van der Waals surface area contributed by atoms with Crippen LogP contribution in [0.3, 0.4) is 0 Å². The summed E-state index contributed by atoms with van der Waals surface area (Å²) < 4.78 is 7.33. The van der Waals surface area contributed by atoms with Gasteiger partial charge in [0.25, 0.3) is 0 Å². The van der Waals surface area contributed by atoms with Crippen LogP contribution in [0.15, 0.2) is 24.4 Å². The number of rotatable bonds is 4. The van der Waals surface area contributed by atoms with E-state index >= 15 is 0 Å². The average molecular weight is 254 g/mol. The molecule has 3 nitrogen and oxygen atoms in total. The van der Waals surface area contributed by atoms with Crippen LogP contribution in [0.5, 0.6) is 0 Å². The van der Waals surface area contributed by atoms with Crippen LogP contribution in [0.25, 0.3) is 10.9 Å². The van der Waals surface area contributed by atoms with E-state index in [0.29, 0.717) is 5.02 Å². The highest BCUT2D eigenvalue weighted by atomic mass is 35.5. The summed E-state index contributed by atoms with van der Waals surface area (Å²) in [5.41, 5.74) is 1.95. The smallest absolute Gasteiger partial charge is 0.0722 e. The minimum absolute atomic E-state index is 0.0342. The molecule has 92 valence electrons. The van der Waals surface area contributed by atoms with Crippen molar-refractivity contribution in [2.24, 2.45) is 0 Å². The molecule has 0 fully saturated rings. The summed E-state index contributed by atoms with van der Waals surface area (Å²) in [4.78, 5) is 0. The largest absolute Gasteiger partial charge is 0.392 e. The molecule has 0 radical (unpaired) electrons. The average Bonchev–Trinajstić information content (AvgIpc) is 2.66. The van der Waals surface area contributed by atoms with Gasteiger partial charge in [-0.25, -0.2) is 0 Å². The van der Waals surface area contributed by atoms with Crippen molar-refractivity contribution in [2.45, 2.75) is 26.2 Å². The maximum absolute atomic E-state index is 9.33.